The van der Waals surface area contributed by atoms with Gasteiger partial charge in [-0.3, -0.25) is 0 Å². The van der Waals surface area contributed by atoms with E-state index in [-0.39, 0.29) is 0 Å². The van der Waals surface area contributed by atoms with Crippen LogP contribution in [0.15, 0.2) is 12.7 Å². The van der Waals surface area contributed by atoms with E-state index in [0.717, 1.165) is 13.0 Å². The van der Waals surface area contributed by atoms with E-state index >= 15 is 0 Å². The summed E-state index contributed by atoms with van der Waals surface area (Å²) in [4.78, 5) is 0. The van der Waals surface area contributed by atoms with Gasteiger partial charge in [0.15, 0.2) is 0 Å². The van der Waals surface area contributed by atoms with Crippen molar-refractivity contribution in [3.8, 4) is 0 Å². The van der Waals surface area contributed by atoms with E-state index in [4.69, 9.17) is 4.74 Å². The predicted octanol–water partition coefficient (Wildman–Crippen LogP) is 1.99. The summed E-state index contributed by atoms with van der Waals surface area (Å²) in [6.45, 7) is 8.58. The number of hydrogen-bond acceptors (Lipinski definition) is 1. The minimum atomic E-state index is 0.583. The van der Waals surface area contributed by atoms with E-state index in [0.29, 0.717) is 6.10 Å². The smallest absolute Gasteiger partial charge is 0.0781 e. The Morgan fingerprint density at radius 3 is 2.12 bits per heavy atom. The van der Waals surface area contributed by atoms with Crippen molar-refractivity contribution in [1.29, 1.82) is 0 Å². The van der Waals surface area contributed by atoms with E-state index in [2.05, 4.69) is 20.4 Å². The predicted molar refractivity (Wildman–Crippen MR) is 35.9 cm³/mol. The van der Waals surface area contributed by atoms with Crippen LogP contribution >= 0.6 is 0 Å². The average Bonchev–Trinajstić information content (AvgIpc) is 2.52. The molecule has 1 unspecified atom stereocenters. The number of allylic oxidation sites excluding steroid dienone is 1. The second-order valence-electron chi connectivity index (χ2n) is 1.84. The zero-order valence-electron chi connectivity index (χ0n) is 5.68. The Morgan fingerprint density at radius 2 is 2.12 bits per heavy atom. The minimum absolute atomic E-state index is 0.583. The second-order valence-corrected chi connectivity index (χ2v) is 1.84. The Bertz CT molecular complexity index is 55.4. The Hall–Kier alpha value is -0.300. The fraction of sp³-hybridized carbons (Fsp3) is 0.714. The van der Waals surface area contributed by atoms with E-state index in [9.17, 15) is 0 Å². The third-order valence-electron chi connectivity index (χ3n) is 0.789. The highest BCUT2D eigenvalue weighted by atomic mass is 16.6. The lowest BCUT2D eigenvalue weighted by molar-refractivity contribution is 0.423. The molecule has 0 amide bonds. The zero-order chi connectivity index (χ0) is 6.41. The van der Waals surface area contributed by atoms with Gasteiger partial charge in [0.25, 0.3) is 0 Å². The van der Waals surface area contributed by atoms with Gasteiger partial charge in [-0.25, -0.2) is 0 Å². The van der Waals surface area contributed by atoms with Crippen LogP contribution in [0.2, 0.25) is 0 Å². The van der Waals surface area contributed by atoms with Crippen molar-refractivity contribution >= 4 is 0 Å². The van der Waals surface area contributed by atoms with Crippen LogP contribution in [0.3, 0.4) is 0 Å². The summed E-state index contributed by atoms with van der Waals surface area (Å²) in [6.07, 6.45) is 3.54. The van der Waals surface area contributed by atoms with Gasteiger partial charge in [-0.05, 0) is 13.3 Å². The van der Waals surface area contributed by atoms with Crippen molar-refractivity contribution < 1.29 is 4.74 Å². The lowest BCUT2D eigenvalue weighted by Gasteiger charge is -1.57. The van der Waals surface area contributed by atoms with Gasteiger partial charge in [0.05, 0.1) is 12.7 Å². The first-order valence-electron chi connectivity index (χ1n) is 3.03. The first-order valence-corrected chi connectivity index (χ1v) is 3.03. The Kier molecular flexibility index (Phi) is 4.67. The molecular formula is C7H14O. The quantitative estimate of drug-likeness (QED) is 0.375. The van der Waals surface area contributed by atoms with Crippen LogP contribution in [0, 0.1) is 0 Å². The highest BCUT2D eigenvalue weighted by Gasteiger charge is 2.13. The summed E-state index contributed by atoms with van der Waals surface area (Å²) >= 11 is 0. The minimum Gasteiger partial charge on any atom is -0.373 e. The third kappa shape index (κ3) is 9.20. The van der Waals surface area contributed by atoms with Gasteiger partial charge in [-0.15, -0.1) is 6.58 Å². The maximum atomic E-state index is 4.71. The van der Waals surface area contributed by atoms with Crippen molar-refractivity contribution in [2.75, 3.05) is 6.61 Å². The maximum absolute atomic E-state index is 4.71. The van der Waals surface area contributed by atoms with Crippen molar-refractivity contribution in [3.63, 3.8) is 0 Å². The van der Waals surface area contributed by atoms with Gasteiger partial charge in [0, 0.05) is 0 Å². The van der Waals surface area contributed by atoms with Crippen molar-refractivity contribution in [2.24, 2.45) is 0 Å². The summed E-state index contributed by atoms with van der Waals surface area (Å²) < 4.78 is 4.71. The molecule has 0 bridgehead atoms. The molecule has 0 saturated carbocycles. The van der Waals surface area contributed by atoms with Crippen LogP contribution in [0.1, 0.15) is 20.3 Å². The number of epoxide rings is 1. The van der Waals surface area contributed by atoms with E-state index in [1.807, 2.05) is 6.08 Å². The van der Waals surface area contributed by atoms with Crippen molar-refractivity contribution in [3.05, 3.63) is 12.7 Å². The number of rotatable bonds is 1. The average molecular weight is 114 g/mol. The molecule has 0 N–H and O–H groups in total. The fourth-order valence-corrected chi connectivity index (χ4v) is 0.0962. The van der Waals surface area contributed by atoms with Gasteiger partial charge in [0.2, 0.25) is 0 Å². The molecule has 0 aromatic heterocycles. The van der Waals surface area contributed by atoms with Crippen LogP contribution in [-0.2, 0) is 4.74 Å². The molecule has 1 heterocycles. The largest absolute Gasteiger partial charge is 0.373 e. The highest BCUT2D eigenvalue weighted by Crippen LogP contribution is 2.04. The molecule has 1 fully saturated rings. The van der Waals surface area contributed by atoms with Crippen LogP contribution in [0.5, 0.6) is 0 Å². The molecule has 0 aliphatic carbocycles. The molecule has 1 heteroatoms. The summed E-state index contributed by atoms with van der Waals surface area (Å²) in [5.41, 5.74) is 0. The molecule has 0 spiro atoms. The molecule has 1 aliphatic rings. The first kappa shape index (κ1) is 7.70. The lowest BCUT2D eigenvalue weighted by atomic mass is 10.5. The molecule has 0 aromatic rings. The van der Waals surface area contributed by atoms with Crippen LogP contribution in [-0.4, -0.2) is 12.7 Å². The molecule has 1 aliphatic heterocycles. The molecule has 0 radical (unpaired) electrons. The lowest BCUT2D eigenvalue weighted by Crippen LogP contribution is -1.60. The van der Waals surface area contributed by atoms with Gasteiger partial charge in [-0.2, -0.15) is 0 Å². The highest BCUT2D eigenvalue weighted by molar-refractivity contribution is 4.60. The molecule has 8 heavy (non-hydrogen) atoms. The molecule has 1 atom stereocenters. The van der Waals surface area contributed by atoms with Crippen LogP contribution in [0.25, 0.3) is 0 Å². The Morgan fingerprint density at radius 1 is 1.88 bits per heavy atom. The van der Waals surface area contributed by atoms with Gasteiger partial charge >= 0.3 is 0 Å². The zero-order valence-corrected chi connectivity index (χ0v) is 5.68. The monoisotopic (exact) mass is 114 g/mol. The molecular weight excluding hydrogens is 100 g/mol. The van der Waals surface area contributed by atoms with Crippen LogP contribution < -0.4 is 0 Å². The molecule has 0 aromatic carbocycles. The van der Waals surface area contributed by atoms with Crippen molar-refractivity contribution in [2.45, 2.75) is 26.4 Å². The summed E-state index contributed by atoms with van der Waals surface area (Å²) in [6, 6.07) is 0. The molecule has 48 valence electrons. The standard InChI is InChI=1S/C4H8.C3H6O/c1-3-4-2;1-3-2-4-3/h3H,1,4H2,2H3;3H,2H2,1H3. The van der Waals surface area contributed by atoms with E-state index in [1.54, 1.807) is 0 Å². The maximum Gasteiger partial charge on any atom is 0.0781 e. The Balaban J connectivity index is 0.000000122. The van der Waals surface area contributed by atoms with Crippen molar-refractivity contribution in [1.82, 2.24) is 0 Å². The van der Waals surface area contributed by atoms with Crippen LogP contribution in [0.4, 0.5) is 0 Å². The normalized spacial score (nSPS) is 23.0. The van der Waals surface area contributed by atoms with Gasteiger partial charge in [0.1, 0.15) is 0 Å². The van der Waals surface area contributed by atoms with Gasteiger partial charge < -0.3 is 4.74 Å². The topological polar surface area (TPSA) is 12.5 Å². The number of ether oxygens (including phenoxy) is 1. The Labute approximate surface area is 51.4 Å². The SMILES string of the molecule is C=CCC.CC1CO1. The summed E-state index contributed by atoms with van der Waals surface area (Å²) in [7, 11) is 0. The molecule has 1 nitrogen and oxygen atoms in total. The fourth-order valence-electron chi connectivity index (χ4n) is 0.0962. The van der Waals surface area contributed by atoms with E-state index in [1.165, 1.54) is 0 Å². The van der Waals surface area contributed by atoms with E-state index < -0.39 is 0 Å². The third-order valence-corrected chi connectivity index (χ3v) is 0.789. The number of hydrogen-bond donors (Lipinski definition) is 0. The van der Waals surface area contributed by atoms with Gasteiger partial charge in [-0.1, -0.05) is 13.0 Å². The summed E-state index contributed by atoms with van der Waals surface area (Å²) in [5.74, 6) is 0. The second kappa shape index (κ2) is 4.85. The molecule has 1 saturated heterocycles. The summed E-state index contributed by atoms with van der Waals surface area (Å²) in [5, 5.41) is 0. The molecule has 1 rings (SSSR count). The first-order chi connectivity index (χ1) is 3.81.